The number of rotatable bonds is 7. The summed E-state index contributed by atoms with van der Waals surface area (Å²) in [6.07, 6.45) is 0.334. The molecule has 0 unspecified atom stereocenters. The third-order valence-corrected chi connectivity index (χ3v) is 3.95. The number of thiazole rings is 1. The van der Waals surface area contributed by atoms with E-state index in [9.17, 15) is 4.79 Å². The van der Waals surface area contributed by atoms with Gasteiger partial charge in [-0.25, -0.2) is 4.98 Å². The van der Waals surface area contributed by atoms with E-state index in [2.05, 4.69) is 24.1 Å². The van der Waals surface area contributed by atoms with Gasteiger partial charge in [-0.1, -0.05) is 13.8 Å². The molecule has 0 aliphatic carbocycles. The number of aromatic nitrogens is 1. The average Bonchev–Trinajstić information content (AvgIpc) is 2.95. The molecule has 0 aliphatic rings. The molecule has 4 nitrogen and oxygen atoms in total. The lowest BCUT2D eigenvalue weighted by atomic mass is 10.2. The third kappa shape index (κ3) is 4.84. The van der Waals surface area contributed by atoms with E-state index in [1.807, 2.05) is 36.6 Å². The molecule has 1 aromatic carbocycles. The molecule has 118 valence electrons. The van der Waals surface area contributed by atoms with Crippen LogP contribution in [0.3, 0.4) is 0 Å². The van der Waals surface area contributed by atoms with Crippen LogP contribution in [0, 0.1) is 5.92 Å². The van der Waals surface area contributed by atoms with Gasteiger partial charge in [0.25, 0.3) is 0 Å². The van der Waals surface area contributed by atoms with E-state index in [1.165, 1.54) is 0 Å². The van der Waals surface area contributed by atoms with Gasteiger partial charge in [-0.2, -0.15) is 0 Å². The van der Waals surface area contributed by atoms with Crippen molar-refractivity contribution in [2.45, 2.75) is 27.2 Å². The van der Waals surface area contributed by atoms with Crippen LogP contribution >= 0.6 is 11.3 Å². The number of benzene rings is 1. The molecule has 1 heterocycles. The van der Waals surface area contributed by atoms with Crippen molar-refractivity contribution in [2.75, 3.05) is 13.2 Å². The van der Waals surface area contributed by atoms with Crippen LogP contribution in [0.4, 0.5) is 0 Å². The Morgan fingerprint density at radius 1 is 1.32 bits per heavy atom. The normalized spacial score (nSPS) is 10.7. The molecule has 0 atom stereocenters. The summed E-state index contributed by atoms with van der Waals surface area (Å²) in [5, 5.41) is 5.78. The van der Waals surface area contributed by atoms with Gasteiger partial charge in [0, 0.05) is 17.5 Å². The number of hydrogen-bond donors (Lipinski definition) is 1. The van der Waals surface area contributed by atoms with Crippen LogP contribution in [0.1, 0.15) is 26.5 Å². The van der Waals surface area contributed by atoms with Crippen LogP contribution in [0.25, 0.3) is 10.6 Å². The quantitative estimate of drug-likeness (QED) is 0.850. The number of carbonyl (C=O) groups excluding carboxylic acids is 1. The Labute approximate surface area is 135 Å². The molecule has 0 saturated heterocycles. The van der Waals surface area contributed by atoms with Gasteiger partial charge >= 0.3 is 0 Å². The van der Waals surface area contributed by atoms with Gasteiger partial charge in [0.15, 0.2) is 0 Å². The summed E-state index contributed by atoms with van der Waals surface area (Å²) in [5.74, 6) is 1.34. The van der Waals surface area contributed by atoms with Crippen molar-refractivity contribution in [1.82, 2.24) is 10.3 Å². The van der Waals surface area contributed by atoms with Crippen molar-refractivity contribution in [3.05, 3.63) is 35.3 Å². The van der Waals surface area contributed by atoms with Crippen LogP contribution in [-0.4, -0.2) is 24.0 Å². The average molecular weight is 318 g/mol. The number of nitrogens with zero attached hydrogens (tertiary/aromatic N) is 1. The molecule has 0 radical (unpaired) electrons. The highest BCUT2D eigenvalue weighted by molar-refractivity contribution is 7.13. The van der Waals surface area contributed by atoms with Gasteiger partial charge in [-0.3, -0.25) is 4.79 Å². The van der Waals surface area contributed by atoms with E-state index < -0.39 is 0 Å². The zero-order chi connectivity index (χ0) is 15.9. The van der Waals surface area contributed by atoms with E-state index in [1.54, 1.807) is 11.3 Å². The second kappa shape index (κ2) is 7.94. The van der Waals surface area contributed by atoms with Gasteiger partial charge in [0.2, 0.25) is 5.91 Å². The van der Waals surface area contributed by atoms with Crippen LogP contribution < -0.4 is 10.1 Å². The lowest BCUT2D eigenvalue weighted by Crippen LogP contribution is -2.28. The molecule has 22 heavy (non-hydrogen) atoms. The third-order valence-electron chi connectivity index (χ3n) is 3.01. The molecule has 1 aromatic heterocycles. The minimum atomic E-state index is 0.0252. The first-order valence-corrected chi connectivity index (χ1v) is 8.40. The Bertz CT molecular complexity index is 605. The van der Waals surface area contributed by atoms with Crippen LogP contribution in [0.15, 0.2) is 29.6 Å². The van der Waals surface area contributed by atoms with Gasteiger partial charge in [0.05, 0.1) is 18.7 Å². The Morgan fingerprint density at radius 3 is 2.68 bits per heavy atom. The second-order valence-corrected chi connectivity index (χ2v) is 6.33. The fraction of sp³-hybridized carbons (Fsp3) is 0.412. The van der Waals surface area contributed by atoms with Gasteiger partial charge in [0.1, 0.15) is 10.8 Å². The maximum Gasteiger partial charge on any atom is 0.226 e. The predicted molar refractivity (Wildman–Crippen MR) is 90.3 cm³/mol. The second-order valence-electron chi connectivity index (χ2n) is 5.48. The molecule has 1 N–H and O–H groups in total. The maximum absolute atomic E-state index is 11.8. The van der Waals surface area contributed by atoms with Crippen molar-refractivity contribution >= 4 is 17.2 Å². The largest absolute Gasteiger partial charge is 0.494 e. The van der Waals surface area contributed by atoms with Crippen molar-refractivity contribution < 1.29 is 9.53 Å². The molecular weight excluding hydrogens is 296 g/mol. The zero-order valence-corrected chi connectivity index (χ0v) is 14.1. The number of ether oxygens (including phenoxy) is 1. The first-order valence-electron chi connectivity index (χ1n) is 7.52. The number of hydrogen-bond acceptors (Lipinski definition) is 4. The molecule has 2 rings (SSSR count). The zero-order valence-electron chi connectivity index (χ0n) is 13.3. The fourth-order valence-electron chi connectivity index (χ4n) is 1.93. The fourth-order valence-corrected chi connectivity index (χ4v) is 2.75. The predicted octanol–water partition coefficient (Wildman–Crippen LogP) is 3.52. The Hall–Kier alpha value is -1.88. The molecule has 5 heteroatoms. The first-order chi connectivity index (χ1) is 10.6. The van der Waals surface area contributed by atoms with Crippen molar-refractivity contribution in [3.63, 3.8) is 0 Å². The Morgan fingerprint density at radius 2 is 2.05 bits per heavy atom. The Kier molecular flexibility index (Phi) is 5.95. The highest BCUT2D eigenvalue weighted by Gasteiger charge is 2.09. The SMILES string of the molecule is CCOc1ccc(-c2nc(CC(=O)NCC(C)C)cs2)cc1. The molecule has 0 fully saturated rings. The van der Waals surface area contributed by atoms with Crippen LogP contribution in [0.2, 0.25) is 0 Å². The summed E-state index contributed by atoms with van der Waals surface area (Å²) in [7, 11) is 0. The molecule has 0 bridgehead atoms. The van der Waals surface area contributed by atoms with Crippen LogP contribution in [0.5, 0.6) is 5.75 Å². The highest BCUT2D eigenvalue weighted by Crippen LogP contribution is 2.25. The van der Waals surface area contributed by atoms with E-state index in [-0.39, 0.29) is 5.91 Å². The standard InChI is InChI=1S/C17H22N2O2S/c1-4-21-15-7-5-13(6-8-15)17-19-14(11-22-17)9-16(20)18-10-12(2)3/h5-8,11-12H,4,9-10H2,1-3H3,(H,18,20). The van der Waals surface area contributed by atoms with E-state index >= 15 is 0 Å². The van der Waals surface area contributed by atoms with Crippen molar-refractivity contribution in [1.29, 1.82) is 0 Å². The summed E-state index contributed by atoms with van der Waals surface area (Å²) in [6, 6.07) is 7.86. The number of amides is 1. The smallest absolute Gasteiger partial charge is 0.226 e. The monoisotopic (exact) mass is 318 g/mol. The summed E-state index contributed by atoms with van der Waals surface area (Å²) >= 11 is 1.56. The minimum Gasteiger partial charge on any atom is -0.494 e. The van der Waals surface area contributed by atoms with E-state index in [4.69, 9.17) is 4.74 Å². The first kappa shape index (κ1) is 16.5. The lowest BCUT2D eigenvalue weighted by molar-refractivity contribution is -0.120. The molecule has 1 amide bonds. The highest BCUT2D eigenvalue weighted by atomic mass is 32.1. The minimum absolute atomic E-state index is 0.0252. The van der Waals surface area contributed by atoms with Crippen molar-refractivity contribution in [2.24, 2.45) is 5.92 Å². The molecule has 0 aliphatic heterocycles. The lowest BCUT2D eigenvalue weighted by Gasteiger charge is -2.06. The summed E-state index contributed by atoms with van der Waals surface area (Å²) in [4.78, 5) is 16.4. The number of nitrogens with one attached hydrogen (secondary N) is 1. The van der Waals surface area contributed by atoms with Gasteiger partial charge in [-0.15, -0.1) is 11.3 Å². The summed E-state index contributed by atoms with van der Waals surface area (Å²) in [5.41, 5.74) is 1.86. The maximum atomic E-state index is 11.8. The van der Waals surface area contributed by atoms with Gasteiger partial charge < -0.3 is 10.1 Å². The van der Waals surface area contributed by atoms with Crippen molar-refractivity contribution in [3.8, 4) is 16.3 Å². The number of carbonyl (C=O) groups is 1. The summed E-state index contributed by atoms with van der Waals surface area (Å²) < 4.78 is 5.43. The molecule has 2 aromatic rings. The summed E-state index contributed by atoms with van der Waals surface area (Å²) in [6.45, 7) is 7.48. The topological polar surface area (TPSA) is 51.2 Å². The molecule has 0 saturated carbocycles. The van der Waals surface area contributed by atoms with Gasteiger partial charge in [-0.05, 0) is 37.1 Å². The van der Waals surface area contributed by atoms with E-state index in [0.717, 1.165) is 22.0 Å². The molecular formula is C17H22N2O2S. The molecule has 0 spiro atoms. The Balaban J connectivity index is 1.97. The van der Waals surface area contributed by atoms with Crippen LogP contribution in [-0.2, 0) is 11.2 Å². The van der Waals surface area contributed by atoms with E-state index in [0.29, 0.717) is 25.5 Å².